The molecule has 0 amide bonds. The lowest BCUT2D eigenvalue weighted by atomic mass is 9.98. The SMILES string of the molecule is Cc1cc(C)c(C(F)(F)F)c(-c2c(Cl)cc3c(O)nc(OCC4(CN(C)C)CC4)nc3c2F)n1. The molecule has 0 unspecified atom stereocenters. The van der Waals surface area contributed by atoms with Crippen LogP contribution in [0.25, 0.3) is 22.2 Å². The Morgan fingerprint density at radius 1 is 1.15 bits per heavy atom. The summed E-state index contributed by atoms with van der Waals surface area (Å²) in [5.74, 6) is -1.74. The number of alkyl halides is 3. The van der Waals surface area contributed by atoms with Crippen molar-refractivity contribution in [3.05, 3.63) is 39.8 Å². The van der Waals surface area contributed by atoms with Gasteiger partial charge >= 0.3 is 12.2 Å². The van der Waals surface area contributed by atoms with Gasteiger partial charge in [0.1, 0.15) is 5.52 Å². The zero-order valence-electron chi connectivity index (χ0n) is 19.0. The number of hydrogen-bond donors (Lipinski definition) is 1. The van der Waals surface area contributed by atoms with E-state index in [0.717, 1.165) is 25.5 Å². The number of halogens is 5. The monoisotopic (exact) mass is 498 g/mol. The molecule has 1 saturated carbocycles. The van der Waals surface area contributed by atoms with Crippen molar-refractivity contribution in [1.29, 1.82) is 0 Å². The predicted octanol–water partition coefficient (Wildman–Crippen LogP) is 5.55. The van der Waals surface area contributed by atoms with Gasteiger partial charge in [-0.25, -0.2) is 4.39 Å². The molecule has 0 atom stereocenters. The maximum Gasteiger partial charge on any atom is 0.418 e. The summed E-state index contributed by atoms with van der Waals surface area (Å²) in [5.41, 5.74) is -2.62. The Morgan fingerprint density at radius 3 is 2.41 bits per heavy atom. The molecule has 0 radical (unpaired) electrons. The van der Waals surface area contributed by atoms with E-state index in [1.165, 1.54) is 19.9 Å². The highest BCUT2D eigenvalue weighted by Gasteiger charge is 2.44. The Morgan fingerprint density at radius 2 is 1.82 bits per heavy atom. The Labute approximate surface area is 198 Å². The molecule has 2 aromatic heterocycles. The minimum atomic E-state index is -4.79. The molecule has 2 heterocycles. The molecule has 3 aromatic rings. The highest BCUT2D eigenvalue weighted by Crippen LogP contribution is 2.47. The first-order valence-corrected chi connectivity index (χ1v) is 10.9. The highest BCUT2D eigenvalue weighted by molar-refractivity contribution is 6.34. The van der Waals surface area contributed by atoms with Crippen molar-refractivity contribution in [3.8, 4) is 23.1 Å². The van der Waals surface area contributed by atoms with Gasteiger partial charge in [-0.1, -0.05) is 11.6 Å². The van der Waals surface area contributed by atoms with Gasteiger partial charge in [0.25, 0.3) is 0 Å². The summed E-state index contributed by atoms with van der Waals surface area (Å²) in [6.07, 6.45) is -2.91. The largest absolute Gasteiger partial charge is 0.493 e. The van der Waals surface area contributed by atoms with Crippen molar-refractivity contribution in [2.24, 2.45) is 5.41 Å². The summed E-state index contributed by atoms with van der Waals surface area (Å²) in [7, 11) is 3.88. The molecule has 11 heteroatoms. The molecule has 6 nitrogen and oxygen atoms in total. The first-order valence-electron chi connectivity index (χ1n) is 10.5. The van der Waals surface area contributed by atoms with Crippen LogP contribution in [0, 0.1) is 25.1 Å². The Balaban J connectivity index is 1.84. The minimum Gasteiger partial charge on any atom is -0.493 e. The van der Waals surface area contributed by atoms with Gasteiger partial charge in [0, 0.05) is 17.7 Å². The summed E-state index contributed by atoms with van der Waals surface area (Å²) in [5, 5.41) is 9.86. The number of ether oxygens (including phenoxy) is 1. The van der Waals surface area contributed by atoms with Crippen LogP contribution >= 0.6 is 11.6 Å². The lowest BCUT2D eigenvalue weighted by Gasteiger charge is -2.20. The van der Waals surface area contributed by atoms with E-state index in [2.05, 4.69) is 15.0 Å². The first-order chi connectivity index (χ1) is 15.8. The highest BCUT2D eigenvalue weighted by atomic mass is 35.5. The smallest absolute Gasteiger partial charge is 0.418 e. The van der Waals surface area contributed by atoms with E-state index in [9.17, 15) is 18.3 Å². The Hall–Kier alpha value is -2.72. The zero-order chi connectivity index (χ0) is 25.0. The molecule has 0 bridgehead atoms. The van der Waals surface area contributed by atoms with Gasteiger partial charge in [-0.05, 0) is 58.5 Å². The number of aryl methyl sites for hydroxylation is 2. The number of benzene rings is 1. The van der Waals surface area contributed by atoms with E-state index in [4.69, 9.17) is 16.3 Å². The van der Waals surface area contributed by atoms with Crippen molar-refractivity contribution in [3.63, 3.8) is 0 Å². The number of fused-ring (bicyclic) bond motifs is 1. The van der Waals surface area contributed by atoms with E-state index in [-0.39, 0.29) is 39.7 Å². The van der Waals surface area contributed by atoms with Crippen LogP contribution in [0.15, 0.2) is 12.1 Å². The molecule has 1 aliphatic carbocycles. The number of hydrogen-bond acceptors (Lipinski definition) is 6. The zero-order valence-corrected chi connectivity index (χ0v) is 19.8. The third-order valence-electron chi connectivity index (χ3n) is 5.82. The Kier molecular flexibility index (Phi) is 6.10. The van der Waals surface area contributed by atoms with Crippen LogP contribution in [0.4, 0.5) is 17.6 Å². The van der Waals surface area contributed by atoms with Crippen molar-refractivity contribution in [2.45, 2.75) is 32.9 Å². The third-order valence-corrected chi connectivity index (χ3v) is 6.12. The fourth-order valence-corrected chi connectivity index (χ4v) is 4.51. The predicted molar refractivity (Wildman–Crippen MR) is 120 cm³/mol. The average Bonchev–Trinajstić information content (AvgIpc) is 3.44. The third kappa shape index (κ3) is 4.61. The molecule has 0 aliphatic heterocycles. The van der Waals surface area contributed by atoms with Crippen LogP contribution in [-0.4, -0.2) is 52.2 Å². The first kappa shape index (κ1) is 24.4. The van der Waals surface area contributed by atoms with Crippen LogP contribution in [0.3, 0.4) is 0 Å². The fourth-order valence-electron chi connectivity index (χ4n) is 4.23. The molecular formula is C23H23ClF4N4O2. The molecule has 1 N–H and O–H groups in total. The lowest BCUT2D eigenvalue weighted by Crippen LogP contribution is -2.27. The van der Waals surface area contributed by atoms with Crippen molar-refractivity contribution in [2.75, 3.05) is 27.2 Å². The second-order valence-electron chi connectivity index (χ2n) is 9.10. The summed E-state index contributed by atoms with van der Waals surface area (Å²) >= 11 is 6.21. The quantitative estimate of drug-likeness (QED) is 0.450. The van der Waals surface area contributed by atoms with Gasteiger partial charge in [0.15, 0.2) is 5.82 Å². The number of pyridine rings is 1. The van der Waals surface area contributed by atoms with Crippen molar-refractivity contribution in [1.82, 2.24) is 19.9 Å². The molecule has 4 rings (SSSR count). The van der Waals surface area contributed by atoms with Gasteiger partial charge in [0.2, 0.25) is 5.88 Å². The number of aromatic nitrogens is 3. The van der Waals surface area contributed by atoms with Crippen LogP contribution in [0.1, 0.15) is 29.7 Å². The summed E-state index contributed by atoms with van der Waals surface area (Å²) in [4.78, 5) is 13.9. The minimum absolute atomic E-state index is 0.0776. The van der Waals surface area contributed by atoms with Gasteiger partial charge < -0.3 is 14.7 Å². The van der Waals surface area contributed by atoms with E-state index >= 15 is 4.39 Å². The molecule has 1 aliphatic rings. The summed E-state index contributed by atoms with van der Waals surface area (Å²) < 4.78 is 62.9. The van der Waals surface area contributed by atoms with Gasteiger partial charge in [-0.15, -0.1) is 0 Å². The van der Waals surface area contributed by atoms with Crippen LogP contribution < -0.4 is 4.74 Å². The maximum atomic E-state index is 15.7. The normalized spacial score (nSPS) is 15.2. The van der Waals surface area contributed by atoms with E-state index in [1.807, 2.05) is 19.0 Å². The van der Waals surface area contributed by atoms with Gasteiger partial charge in [-0.2, -0.15) is 23.1 Å². The number of rotatable bonds is 6. The molecular weight excluding hydrogens is 476 g/mol. The van der Waals surface area contributed by atoms with Crippen LogP contribution in [-0.2, 0) is 6.18 Å². The number of aromatic hydroxyl groups is 1. The number of nitrogens with zero attached hydrogens (tertiary/aromatic N) is 4. The van der Waals surface area contributed by atoms with E-state index < -0.39 is 40.2 Å². The summed E-state index contributed by atoms with van der Waals surface area (Å²) in [6.45, 7) is 3.81. The van der Waals surface area contributed by atoms with Gasteiger partial charge in [-0.3, -0.25) is 4.98 Å². The Bertz CT molecular complexity index is 1280. The average molecular weight is 499 g/mol. The molecule has 0 spiro atoms. The lowest BCUT2D eigenvalue weighted by molar-refractivity contribution is -0.137. The molecule has 182 valence electrons. The van der Waals surface area contributed by atoms with Gasteiger partial charge in [0.05, 0.1) is 33.8 Å². The fraction of sp³-hybridized carbons (Fsp3) is 0.435. The van der Waals surface area contributed by atoms with Crippen molar-refractivity contribution < 1.29 is 27.4 Å². The molecule has 1 fully saturated rings. The maximum absolute atomic E-state index is 15.7. The van der Waals surface area contributed by atoms with E-state index in [0.29, 0.717) is 0 Å². The topological polar surface area (TPSA) is 71.4 Å². The van der Waals surface area contributed by atoms with Crippen LogP contribution in [0.2, 0.25) is 5.02 Å². The second-order valence-corrected chi connectivity index (χ2v) is 9.51. The molecule has 1 aromatic carbocycles. The molecule has 0 saturated heterocycles. The van der Waals surface area contributed by atoms with E-state index in [1.54, 1.807) is 0 Å². The standard InChI is InChI=1S/C23H23ClF4N4O2/c1-11-7-12(2)29-19(16(11)23(26,27)28)15-14(24)8-13-18(17(15)25)30-21(31-20(13)33)34-10-22(5-6-22)9-32(3)4/h7-8H,5-6,9-10H2,1-4H3,(H,30,31,33). The van der Waals surface area contributed by atoms with Crippen molar-refractivity contribution >= 4 is 22.5 Å². The molecule has 34 heavy (non-hydrogen) atoms. The van der Waals surface area contributed by atoms with Crippen LogP contribution in [0.5, 0.6) is 11.9 Å². The summed E-state index contributed by atoms with van der Waals surface area (Å²) in [6, 6.07) is 2.12. The second kappa shape index (κ2) is 8.49.